The number of hydrogen-bond acceptors (Lipinski definition) is 3. The molecule has 0 unspecified atom stereocenters. The molecule has 0 saturated carbocycles. The van der Waals surface area contributed by atoms with Crippen LogP contribution in [0.1, 0.15) is 12.0 Å². The Morgan fingerprint density at radius 2 is 1.89 bits per heavy atom. The number of rotatable bonds is 4. The Kier molecular flexibility index (Phi) is 8.08. The fourth-order valence-electron chi connectivity index (χ4n) is 2.61. The summed E-state index contributed by atoms with van der Waals surface area (Å²) >= 11 is 0. The van der Waals surface area contributed by atoms with Crippen LogP contribution in [-0.2, 0) is 6.42 Å². The van der Waals surface area contributed by atoms with Crippen molar-refractivity contribution in [2.24, 2.45) is 4.99 Å². The summed E-state index contributed by atoms with van der Waals surface area (Å²) in [5, 5.41) is 6.23. The van der Waals surface area contributed by atoms with E-state index in [1.807, 2.05) is 18.2 Å². The van der Waals surface area contributed by atoms with Gasteiger partial charge in [0.1, 0.15) is 0 Å². The molecule has 0 bridgehead atoms. The molecule has 3 rings (SSSR count). The Hall–Kier alpha value is -2.10. The zero-order chi connectivity index (χ0) is 18.4. The number of nitrogens with one attached hydrogen (secondary N) is 2. The number of benzene rings is 2. The number of nitrogens with zero attached hydrogens (tertiary/aromatic N) is 1. The van der Waals surface area contributed by atoms with Crippen molar-refractivity contribution in [1.82, 2.24) is 5.32 Å². The van der Waals surface area contributed by atoms with Crippen molar-refractivity contribution in [1.29, 1.82) is 0 Å². The average molecular weight is 489 g/mol. The van der Waals surface area contributed by atoms with Gasteiger partial charge in [0.05, 0.1) is 13.2 Å². The second kappa shape index (κ2) is 10.3. The highest BCUT2D eigenvalue weighted by Crippen LogP contribution is 2.32. The van der Waals surface area contributed by atoms with Gasteiger partial charge in [0, 0.05) is 31.8 Å². The molecule has 27 heavy (non-hydrogen) atoms. The second-order valence-electron chi connectivity index (χ2n) is 5.80. The van der Waals surface area contributed by atoms with Gasteiger partial charge in [-0.05, 0) is 30.2 Å². The van der Waals surface area contributed by atoms with Gasteiger partial charge >= 0.3 is 0 Å². The highest BCUT2D eigenvalue weighted by Gasteiger charge is 2.12. The molecule has 1 aliphatic heterocycles. The van der Waals surface area contributed by atoms with Gasteiger partial charge in [0.25, 0.3) is 0 Å². The maximum atomic E-state index is 13.7. The van der Waals surface area contributed by atoms with Gasteiger partial charge in [-0.25, -0.2) is 8.78 Å². The molecule has 1 heterocycles. The summed E-state index contributed by atoms with van der Waals surface area (Å²) in [6.07, 6.45) is 1.18. The molecule has 0 fully saturated rings. The maximum Gasteiger partial charge on any atom is 0.195 e. The van der Waals surface area contributed by atoms with E-state index in [0.29, 0.717) is 43.5 Å². The van der Waals surface area contributed by atoms with Crippen LogP contribution >= 0.6 is 24.0 Å². The van der Waals surface area contributed by atoms with Crippen LogP contribution in [-0.4, -0.2) is 32.8 Å². The number of fused-ring (bicyclic) bond motifs is 1. The van der Waals surface area contributed by atoms with Gasteiger partial charge in [0.2, 0.25) is 0 Å². The average Bonchev–Trinajstić information content (AvgIpc) is 2.89. The molecule has 5 nitrogen and oxygen atoms in total. The van der Waals surface area contributed by atoms with Crippen LogP contribution in [0.3, 0.4) is 0 Å². The van der Waals surface area contributed by atoms with Crippen LogP contribution < -0.4 is 20.1 Å². The van der Waals surface area contributed by atoms with Crippen molar-refractivity contribution in [2.45, 2.75) is 12.8 Å². The van der Waals surface area contributed by atoms with Crippen molar-refractivity contribution in [3.63, 3.8) is 0 Å². The van der Waals surface area contributed by atoms with E-state index in [1.54, 1.807) is 13.1 Å². The molecule has 2 aromatic rings. The zero-order valence-corrected chi connectivity index (χ0v) is 17.3. The molecule has 0 spiro atoms. The molecule has 0 atom stereocenters. The Morgan fingerprint density at radius 3 is 2.67 bits per heavy atom. The minimum Gasteiger partial charge on any atom is -0.490 e. The number of anilines is 1. The zero-order valence-electron chi connectivity index (χ0n) is 14.9. The summed E-state index contributed by atoms with van der Waals surface area (Å²) < 4.78 is 38.2. The topological polar surface area (TPSA) is 54.9 Å². The van der Waals surface area contributed by atoms with Crippen LogP contribution in [0.15, 0.2) is 41.4 Å². The number of halogens is 3. The van der Waals surface area contributed by atoms with E-state index in [9.17, 15) is 8.78 Å². The van der Waals surface area contributed by atoms with Crippen molar-refractivity contribution < 1.29 is 18.3 Å². The van der Waals surface area contributed by atoms with Crippen molar-refractivity contribution in [3.05, 3.63) is 53.6 Å². The van der Waals surface area contributed by atoms with Crippen molar-refractivity contribution >= 4 is 35.6 Å². The van der Waals surface area contributed by atoms with Gasteiger partial charge in [-0.15, -0.1) is 24.0 Å². The summed E-state index contributed by atoms with van der Waals surface area (Å²) in [6.45, 7) is 1.66. The third kappa shape index (κ3) is 5.69. The molecular formula is C19H22F2IN3O2. The van der Waals surface area contributed by atoms with Gasteiger partial charge in [-0.1, -0.05) is 12.1 Å². The summed E-state index contributed by atoms with van der Waals surface area (Å²) in [4.78, 5) is 4.14. The first kappa shape index (κ1) is 21.2. The molecule has 8 heteroatoms. The number of aliphatic imine (C=N–C) groups is 1. The Balaban J connectivity index is 0.00000261. The van der Waals surface area contributed by atoms with E-state index in [-0.39, 0.29) is 24.0 Å². The van der Waals surface area contributed by atoms with Crippen LogP contribution in [0.4, 0.5) is 14.5 Å². The standard InChI is InChI=1S/C19H21F2N3O2.HI/c1-22-19(23-9-8-13-4-2-5-15(20)18(13)21)24-14-6-7-16-17(12-14)26-11-3-10-25-16;/h2,4-7,12H,3,8-11H2,1H3,(H2,22,23,24);1H. The number of ether oxygens (including phenoxy) is 2. The van der Waals surface area contributed by atoms with E-state index in [1.165, 1.54) is 6.07 Å². The van der Waals surface area contributed by atoms with Gasteiger partial charge in [0.15, 0.2) is 29.1 Å². The molecule has 0 aromatic heterocycles. The highest BCUT2D eigenvalue weighted by atomic mass is 127. The summed E-state index contributed by atoms with van der Waals surface area (Å²) in [5.74, 6) is 0.288. The molecule has 0 saturated heterocycles. The summed E-state index contributed by atoms with van der Waals surface area (Å²) in [5.41, 5.74) is 1.11. The monoisotopic (exact) mass is 489 g/mol. The largest absolute Gasteiger partial charge is 0.490 e. The summed E-state index contributed by atoms with van der Waals surface area (Å²) in [7, 11) is 1.64. The van der Waals surface area contributed by atoms with E-state index in [0.717, 1.165) is 23.9 Å². The maximum absolute atomic E-state index is 13.7. The molecule has 146 valence electrons. The van der Waals surface area contributed by atoms with E-state index >= 15 is 0 Å². The highest BCUT2D eigenvalue weighted by molar-refractivity contribution is 14.0. The molecule has 2 aromatic carbocycles. The lowest BCUT2D eigenvalue weighted by atomic mass is 10.1. The van der Waals surface area contributed by atoms with Gasteiger partial charge in [-0.2, -0.15) is 0 Å². The van der Waals surface area contributed by atoms with E-state index in [2.05, 4.69) is 15.6 Å². The fraction of sp³-hybridized carbons (Fsp3) is 0.316. The lowest BCUT2D eigenvalue weighted by Gasteiger charge is -2.14. The fourth-order valence-corrected chi connectivity index (χ4v) is 2.61. The first-order valence-electron chi connectivity index (χ1n) is 8.47. The van der Waals surface area contributed by atoms with Crippen LogP contribution in [0, 0.1) is 11.6 Å². The predicted octanol–water partition coefficient (Wildman–Crippen LogP) is 3.97. The van der Waals surface area contributed by atoms with Crippen LogP contribution in [0.25, 0.3) is 0 Å². The van der Waals surface area contributed by atoms with Gasteiger partial charge < -0.3 is 20.1 Å². The molecule has 2 N–H and O–H groups in total. The first-order chi connectivity index (χ1) is 12.7. The van der Waals surface area contributed by atoms with Crippen LogP contribution in [0.5, 0.6) is 11.5 Å². The van der Waals surface area contributed by atoms with E-state index < -0.39 is 11.6 Å². The van der Waals surface area contributed by atoms with E-state index in [4.69, 9.17) is 9.47 Å². The SMILES string of the molecule is CN=C(NCCc1cccc(F)c1F)Nc1ccc2c(c1)OCCCO2.I. The normalized spacial score (nSPS) is 13.4. The van der Waals surface area contributed by atoms with Crippen LogP contribution in [0.2, 0.25) is 0 Å². The lowest BCUT2D eigenvalue weighted by molar-refractivity contribution is 0.297. The second-order valence-corrected chi connectivity index (χ2v) is 5.80. The smallest absolute Gasteiger partial charge is 0.195 e. The quantitative estimate of drug-likeness (QED) is 0.388. The molecule has 0 aliphatic carbocycles. The minimum absolute atomic E-state index is 0. The van der Waals surface area contributed by atoms with Crippen molar-refractivity contribution in [2.75, 3.05) is 32.1 Å². The Bertz CT molecular complexity index is 803. The predicted molar refractivity (Wildman–Crippen MR) is 113 cm³/mol. The molecule has 0 radical (unpaired) electrons. The summed E-state index contributed by atoms with van der Waals surface area (Å²) in [6, 6.07) is 9.74. The van der Waals surface area contributed by atoms with Gasteiger partial charge in [-0.3, -0.25) is 4.99 Å². The molecule has 0 amide bonds. The Labute approximate surface area is 174 Å². The van der Waals surface area contributed by atoms with Crippen molar-refractivity contribution in [3.8, 4) is 11.5 Å². The number of hydrogen-bond donors (Lipinski definition) is 2. The Morgan fingerprint density at radius 1 is 1.11 bits per heavy atom. The number of guanidine groups is 1. The third-order valence-corrected chi connectivity index (χ3v) is 3.95. The minimum atomic E-state index is -0.836. The third-order valence-electron chi connectivity index (χ3n) is 3.95. The first-order valence-corrected chi connectivity index (χ1v) is 8.47. The molecule has 1 aliphatic rings. The lowest BCUT2D eigenvalue weighted by Crippen LogP contribution is -2.32. The molecular weight excluding hydrogens is 467 g/mol.